The molecule has 0 aliphatic rings. The van der Waals surface area contributed by atoms with Crippen LogP contribution in [0, 0.1) is 11.6 Å². The molecule has 0 saturated heterocycles. The summed E-state index contributed by atoms with van der Waals surface area (Å²) in [5.74, 6) is -2.61. The van der Waals surface area contributed by atoms with E-state index in [0.29, 0.717) is 0 Å². The van der Waals surface area contributed by atoms with E-state index in [4.69, 9.17) is 5.11 Å². The van der Waals surface area contributed by atoms with Gasteiger partial charge in [0.05, 0.1) is 23.7 Å². The molecule has 0 amide bonds. The number of H-pyrrole nitrogens is 1. The molecule has 0 aliphatic heterocycles. The largest absolute Gasteiger partial charge is 0.394 e. The number of nitrogens with one attached hydrogen (secondary N) is 1. The lowest BCUT2D eigenvalue weighted by Gasteiger charge is -2.25. The van der Waals surface area contributed by atoms with Crippen LogP contribution in [-0.2, 0) is 0 Å². The first-order valence-corrected chi connectivity index (χ1v) is 6.34. The van der Waals surface area contributed by atoms with Crippen LogP contribution in [0.3, 0.4) is 0 Å². The van der Waals surface area contributed by atoms with E-state index in [1.165, 1.54) is 6.92 Å². The minimum Gasteiger partial charge on any atom is -0.394 e. The van der Waals surface area contributed by atoms with Crippen molar-refractivity contribution >= 4 is 11.0 Å². The maximum Gasteiger partial charge on any atom is 0.161 e. The molecule has 6 nitrogen and oxygen atoms in total. The minimum atomic E-state index is -1.58. The number of imidazole rings is 1. The molecule has 2 unspecified atom stereocenters. The number of aromatic amines is 1. The van der Waals surface area contributed by atoms with Gasteiger partial charge in [0, 0.05) is 18.1 Å². The van der Waals surface area contributed by atoms with Crippen molar-refractivity contribution in [2.45, 2.75) is 31.2 Å². The van der Waals surface area contributed by atoms with Gasteiger partial charge in [0.2, 0.25) is 0 Å². The standard InChI is InChI=1S/C13H16F2N2O4/c1-5(11(20)12(21)10(19)4-18)13-16-8-2-6(14)7(15)3-9(8)17-13/h2-3,5,10-12,18-21H,4H2,1H3,(H,16,17)/t5?,10?,11-,12-/m1/s1. The Morgan fingerprint density at radius 2 is 1.76 bits per heavy atom. The van der Waals surface area contributed by atoms with Gasteiger partial charge >= 0.3 is 0 Å². The van der Waals surface area contributed by atoms with E-state index in [1.807, 2.05) is 0 Å². The van der Waals surface area contributed by atoms with E-state index in [-0.39, 0.29) is 16.9 Å². The molecular formula is C13H16F2N2O4. The smallest absolute Gasteiger partial charge is 0.161 e. The molecule has 2 rings (SSSR count). The number of halogens is 2. The molecule has 1 aromatic carbocycles. The predicted molar refractivity (Wildman–Crippen MR) is 69.5 cm³/mol. The van der Waals surface area contributed by atoms with Crippen LogP contribution in [0.1, 0.15) is 18.7 Å². The van der Waals surface area contributed by atoms with E-state index in [0.717, 1.165) is 12.1 Å². The second kappa shape index (κ2) is 6.02. The molecule has 116 valence electrons. The van der Waals surface area contributed by atoms with Gasteiger partial charge in [-0.2, -0.15) is 0 Å². The second-order valence-electron chi connectivity index (χ2n) is 4.93. The van der Waals surface area contributed by atoms with Crippen LogP contribution >= 0.6 is 0 Å². The highest BCUT2D eigenvalue weighted by Gasteiger charge is 2.31. The Hall–Kier alpha value is -1.61. The Morgan fingerprint density at radius 1 is 1.14 bits per heavy atom. The molecule has 0 spiro atoms. The van der Waals surface area contributed by atoms with Crippen LogP contribution in [0.4, 0.5) is 8.78 Å². The third kappa shape index (κ3) is 3.03. The lowest BCUT2D eigenvalue weighted by Crippen LogP contribution is -2.42. The minimum absolute atomic E-state index is 0.181. The van der Waals surface area contributed by atoms with Gasteiger partial charge in [0.1, 0.15) is 18.0 Å². The molecule has 21 heavy (non-hydrogen) atoms. The van der Waals surface area contributed by atoms with E-state index in [2.05, 4.69) is 9.97 Å². The Bertz CT molecular complexity index is 595. The summed E-state index contributed by atoms with van der Waals surface area (Å²) < 4.78 is 26.2. The van der Waals surface area contributed by atoms with Crippen molar-refractivity contribution < 1.29 is 29.2 Å². The summed E-state index contributed by atoms with van der Waals surface area (Å²) in [6.07, 6.45) is -4.49. The van der Waals surface area contributed by atoms with Gasteiger partial charge in [-0.15, -0.1) is 0 Å². The van der Waals surface area contributed by atoms with Gasteiger partial charge in [-0.25, -0.2) is 13.8 Å². The number of fused-ring (bicyclic) bond motifs is 1. The average molecular weight is 302 g/mol. The monoisotopic (exact) mass is 302 g/mol. The highest BCUT2D eigenvalue weighted by Crippen LogP contribution is 2.24. The van der Waals surface area contributed by atoms with Crippen molar-refractivity contribution in [2.24, 2.45) is 0 Å². The number of rotatable bonds is 5. The molecule has 0 radical (unpaired) electrons. The maximum atomic E-state index is 13.1. The third-order valence-corrected chi connectivity index (χ3v) is 3.42. The van der Waals surface area contributed by atoms with E-state index < -0.39 is 42.5 Å². The van der Waals surface area contributed by atoms with Gasteiger partial charge in [-0.3, -0.25) is 0 Å². The number of benzene rings is 1. The van der Waals surface area contributed by atoms with Crippen molar-refractivity contribution in [1.29, 1.82) is 0 Å². The Morgan fingerprint density at radius 3 is 2.38 bits per heavy atom. The molecule has 5 N–H and O–H groups in total. The first-order chi connectivity index (χ1) is 9.85. The molecule has 0 fully saturated rings. The average Bonchev–Trinajstić information content (AvgIpc) is 2.87. The quantitative estimate of drug-likeness (QED) is 0.535. The predicted octanol–water partition coefficient (Wildman–Crippen LogP) is 0.0196. The maximum absolute atomic E-state index is 13.1. The summed E-state index contributed by atoms with van der Waals surface area (Å²) in [7, 11) is 0. The van der Waals surface area contributed by atoms with Crippen LogP contribution in [-0.4, -0.2) is 55.3 Å². The van der Waals surface area contributed by atoms with Gasteiger partial charge < -0.3 is 25.4 Å². The van der Waals surface area contributed by atoms with Crippen molar-refractivity contribution in [3.63, 3.8) is 0 Å². The molecule has 8 heteroatoms. The van der Waals surface area contributed by atoms with Crippen molar-refractivity contribution in [2.75, 3.05) is 6.61 Å². The summed E-state index contributed by atoms with van der Waals surface area (Å²) >= 11 is 0. The van der Waals surface area contributed by atoms with E-state index in [1.54, 1.807) is 0 Å². The highest BCUT2D eigenvalue weighted by atomic mass is 19.2. The van der Waals surface area contributed by atoms with Crippen molar-refractivity contribution in [3.8, 4) is 0 Å². The summed E-state index contributed by atoms with van der Waals surface area (Å²) in [5.41, 5.74) is 0.431. The number of aliphatic hydroxyl groups is 4. The molecule has 0 aliphatic carbocycles. The van der Waals surface area contributed by atoms with E-state index in [9.17, 15) is 24.1 Å². The third-order valence-electron chi connectivity index (χ3n) is 3.42. The zero-order valence-corrected chi connectivity index (χ0v) is 11.2. The Balaban J connectivity index is 2.28. The lowest BCUT2D eigenvalue weighted by molar-refractivity contribution is -0.0832. The number of aliphatic hydroxyl groups excluding tert-OH is 4. The fraction of sp³-hybridized carbons (Fsp3) is 0.462. The molecule has 2 aromatic rings. The summed E-state index contributed by atoms with van der Waals surface area (Å²) in [5, 5.41) is 37.7. The van der Waals surface area contributed by atoms with Gasteiger partial charge in [-0.1, -0.05) is 6.92 Å². The normalized spacial score (nSPS) is 17.7. The second-order valence-corrected chi connectivity index (χ2v) is 4.93. The summed E-state index contributed by atoms with van der Waals surface area (Å²) in [6.45, 7) is 0.809. The molecule has 1 heterocycles. The van der Waals surface area contributed by atoms with E-state index >= 15 is 0 Å². The zero-order chi connectivity index (χ0) is 15.7. The van der Waals surface area contributed by atoms with Crippen LogP contribution in [0.15, 0.2) is 12.1 Å². The molecule has 0 saturated carbocycles. The van der Waals surface area contributed by atoms with Crippen LogP contribution in [0.25, 0.3) is 11.0 Å². The fourth-order valence-corrected chi connectivity index (χ4v) is 2.03. The van der Waals surface area contributed by atoms with Gasteiger partial charge in [-0.05, 0) is 0 Å². The first kappa shape index (κ1) is 15.8. The Labute approximate surface area is 118 Å². The number of nitrogens with zero attached hydrogens (tertiary/aromatic N) is 1. The first-order valence-electron chi connectivity index (χ1n) is 6.34. The van der Waals surface area contributed by atoms with Crippen LogP contribution < -0.4 is 0 Å². The highest BCUT2D eigenvalue weighted by molar-refractivity contribution is 5.75. The molecule has 1 aromatic heterocycles. The van der Waals surface area contributed by atoms with Gasteiger partial charge in [0.25, 0.3) is 0 Å². The Kier molecular flexibility index (Phi) is 4.52. The zero-order valence-electron chi connectivity index (χ0n) is 11.2. The molecule has 4 atom stereocenters. The topological polar surface area (TPSA) is 110 Å². The van der Waals surface area contributed by atoms with Crippen LogP contribution in [0.2, 0.25) is 0 Å². The molecular weight excluding hydrogens is 286 g/mol. The summed E-state index contributed by atoms with van der Waals surface area (Å²) in [4.78, 5) is 6.75. The fourth-order valence-electron chi connectivity index (χ4n) is 2.03. The SMILES string of the molecule is CC(c1nc2cc(F)c(F)cc2[nH]1)[C@@H](O)[C@H](O)C(O)CO. The van der Waals surface area contributed by atoms with Crippen LogP contribution in [0.5, 0.6) is 0 Å². The van der Waals surface area contributed by atoms with Crippen molar-refractivity contribution in [3.05, 3.63) is 29.6 Å². The van der Waals surface area contributed by atoms with Crippen molar-refractivity contribution in [1.82, 2.24) is 9.97 Å². The summed E-state index contributed by atoms with van der Waals surface area (Å²) in [6, 6.07) is 1.86. The number of hydrogen-bond donors (Lipinski definition) is 5. The lowest BCUT2D eigenvalue weighted by atomic mass is 9.96. The van der Waals surface area contributed by atoms with Gasteiger partial charge in [0.15, 0.2) is 11.6 Å². The molecule has 0 bridgehead atoms. The number of aromatic nitrogens is 2. The number of hydrogen-bond acceptors (Lipinski definition) is 5.